The summed E-state index contributed by atoms with van der Waals surface area (Å²) in [5, 5.41) is 2.84. The van der Waals surface area contributed by atoms with E-state index in [-0.39, 0.29) is 10.9 Å². The Labute approximate surface area is 192 Å². The molecule has 0 saturated carbocycles. The number of carbonyl (C=O) groups is 1. The fourth-order valence-corrected chi connectivity index (χ4v) is 6.01. The van der Waals surface area contributed by atoms with E-state index >= 15 is 0 Å². The minimum atomic E-state index is -3.71. The number of aryl methyl sites for hydroxylation is 2. The summed E-state index contributed by atoms with van der Waals surface area (Å²) in [7, 11) is -3.71. The summed E-state index contributed by atoms with van der Waals surface area (Å²) in [6.45, 7) is 9.53. The maximum atomic E-state index is 13.2. The van der Waals surface area contributed by atoms with Gasteiger partial charge in [-0.15, -0.1) is 0 Å². The average molecular weight is 476 g/mol. The Hall–Kier alpha value is -2.65. The van der Waals surface area contributed by atoms with Gasteiger partial charge in [0.05, 0.1) is 22.2 Å². The second-order valence-corrected chi connectivity index (χ2v) is 11.1. The number of amides is 1. The van der Waals surface area contributed by atoms with Crippen molar-refractivity contribution in [3.63, 3.8) is 0 Å². The van der Waals surface area contributed by atoms with E-state index in [0.29, 0.717) is 17.8 Å². The van der Waals surface area contributed by atoms with Crippen LogP contribution in [0.25, 0.3) is 10.2 Å². The van der Waals surface area contributed by atoms with E-state index in [1.807, 2.05) is 39.8 Å². The number of carbonyl (C=O) groups excluding carboxylic acids is 1. The molecule has 3 aromatic rings. The Morgan fingerprint density at radius 1 is 1.12 bits per heavy atom. The van der Waals surface area contributed by atoms with Crippen molar-refractivity contribution >= 4 is 48.9 Å². The number of nitrogens with one attached hydrogen (secondary N) is 1. The zero-order valence-corrected chi connectivity index (χ0v) is 20.8. The number of sulfonamides is 1. The molecule has 0 aliphatic carbocycles. The zero-order valence-electron chi connectivity index (χ0n) is 19.2. The van der Waals surface area contributed by atoms with Crippen LogP contribution in [0.2, 0.25) is 0 Å². The normalized spacial score (nSPS) is 12.8. The molecule has 1 aromatic heterocycles. The fraction of sp³-hybridized carbons (Fsp3) is 0.391. The summed E-state index contributed by atoms with van der Waals surface area (Å²) < 4.78 is 29.0. The van der Waals surface area contributed by atoms with E-state index in [1.54, 1.807) is 35.8 Å². The van der Waals surface area contributed by atoms with Gasteiger partial charge in [-0.2, -0.15) is 0 Å². The Kier molecular flexibility index (Phi) is 6.80. The number of benzene rings is 2. The second-order valence-electron chi connectivity index (χ2n) is 8.25. The highest BCUT2D eigenvalue weighted by atomic mass is 32.2. The second kappa shape index (κ2) is 9.07. The monoisotopic (exact) mass is 475 g/mol. The number of hydrogen-bond acceptors (Lipinski definition) is 5. The van der Waals surface area contributed by atoms with Gasteiger partial charge < -0.3 is 5.32 Å². The summed E-state index contributed by atoms with van der Waals surface area (Å²) >= 11 is 1.12. The van der Waals surface area contributed by atoms with Crippen molar-refractivity contribution in [3.05, 3.63) is 57.2 Å². The van der Waals surface area contributed by atoms with Crippen molar-refractivity contribution in [1.29, 1.82) is 0 Å². The highest BCUT2D eigenvalue weighted by molar-refractivity contribution is 7.92. The van der Waals surface area contributed by atoms with Crippen LogP contribution in [-0.2, 0) is 14.8 Å². The van der Waals surface area contributed by atoms with Gasteiger partial charge in [0.15, 0.2) is 0 Å². The molecular weight excluding hydrogens is 446 g/mol. The molecule has 9 heteroatoms. The van der Waals surface area contributed by atoms with Crippen LogP contribution in [0.15, 0.2) is 41.2 Å². The van der Waals surface area contributed by atoms with Crippen molar-refractivity contribution < 1.29 is 13.2 Å². The van der Waals surface area contributed by atoms with E-state index < -0.39 is 22.0 Å². The molecule has 7 nitrogen and oxygen atoms in total. The SMILES string of the molecule is CC[C@@H](C(=O)Nc1ccc2c(c1)sc(=O)n2C(C)C)N(c1ccc(C)c(C)c1)S(C)(=O)=O. The molecule has 172 valence electrons. The predicted octanol–water partition coefficient (Wildman–Crippen LogP) is 4.44. The third-order valence-corrected chi connectivity index (χ3v) is 7.57. The van der Waals surface area contributed by atoms with Crippen molar-refractivity contribution in [2.75, 3.05) is 15.9 Å². The molecule has 0 radical (unpaired) electrons. The van der Waals surface area contributed by atoms with Gasteiger partial charge in [-0.3, -0.25) is 18.5 Å². The molecule has 1 N–H and O–H groups in total. The molecule has 0 spiro atoms. The molecule has 3 rings (SSSR count). The van der Waals surface area contributed by atoms with Crippen molar-refractivity contribution in [2.24, 2.45) is 0 Å². The van der Waals surface area contributed by atoms with Gasteiger partial charge in [0.2, 0.25) is 15.9 Å². The summed E-state index contributed by atoms with van der Waals surface area (Å²) in [6.07, 6.45) is 1.40. The molecule has 1 amide bonds. The van der Waals surface area contributed by atoms with E-state index in [1.165, 1.54) is 4.31 Å². The highest BCUT2D eigenvalue weighted by Crippen LogP contribution is 2.27. The molecule has 0 unspecified atom stereocenters. The van der Waals surface area contributed by atoms with Gasteiger partial charge in [-0.25, -0.2) is 8.42 Å². The first-order chi connectivity index (χ1) is 14.9. The van der Waals surface area contributed by atoms with Crippen molar-refractivity contribution in [2.45, 2.75) is 53.1 Å². The summed E-state index contributed by atoms with van der Waals surface area (Å²) in [5.41, 5.74) is 3.78. The van der Waals surface area contributed by atoms with Gasteiger partial charge in [0, 0.05) is 11.7 Å². The number of aromatic nitrogens is 1. The fourth-order valence-electron chi connectivity index (χ4n) is 3.75. The molecule has 1 atom stereocenters. The number of thiazole rings is 1. The van der Waals surface area contributed by atoms with Crippen LogP contribution in [0.1, 0.15) is 44.4 Å². The maximum absolute atomic E-state index is 13.2. The average Bonchev–Trinajstić information content (AvgIpc) is 3.02. The summed E-state index contributed by atoms with van der Waals surface area (Å²) in [6, 6.07) is 9.76. The first-order valence-electron chi connectivity index (χ1n) is 10.5. The Morgan fingerprint density at radius 2 is 1.81 bits per heavy atom. The van der Waals surface area contributed by atoms with Gasteiger partial charge in [0.25, 0.3) is 0 Å². The lowest BCUT2D eigenvalue weighted by atomic mass is 10.1. The lowest BCUT2D eigenvalue weighted by Gasteiger charge is -2.30. The molecule has 0 fully saturated rings. The molecule has 2 aromatic carbocycles. The van der Waals surface area contributed by atoms with E-state index in [9.17, 15) is 18.0 Å². The van der Waals surface area contributed by atoms with Crippen LogP contribution < -0.4 is 14.5 Å². The lowest BCUT2D eigenvalue weighted by molar-refractivity contribution is -0.117. The third kappa shape index (κ3) is 4.73. The van der Waals surface area contributed by atoms with Crippen LogP contribution in [-0.4, -0.2) is 31.2 Å². The maximum Gasteiger partial charge on any atom is 0.308 e. The number of rotatable bonds is 7. The van der Waals surface area contributed by atoms with Crippen LogP contribution >= 0.6 is 11.3 Å². The van der Waals surface area contributed by atoms with Gasteiger partial charge in [-0.05, 0) is 75.6 Å². The third-order valence-electron chi connectivity index (χ3n) is 5.47. The van der Waals surface area contributed by atoms with Gasteiger partial charge in [0.1, 0.15) is 6.04 Å². The first-order valence-corrected chi connectivity index (χ1v) is 13.1. The van der Waals surface area contributed by atoms with E-state index in [4.69, 9.17) is 0 Å². The minimum absolute atomic E-state index is 0.0300. The van der Waals surface area contributed by atoms with Crippen molar-refractivity contribution in [1.82, 2.24) is 4.57 Å². The van der Waals surface area contributed by atoms with Crippen LogP contribution in [0.3, 0.4) is 0 Å². The number of fused-ring (bicyclic) bond motifs is 1. The summed E-state index contributed by atoms with van der Waals surface area (Å²) in [5.74, 6) is -0.425. The number of hydrogen-bond donors (Lipinski definition) is 1. The Morgan fingerprint density at radius 3 is 2.38 bits per heavy atom. The molecule has 0 aliphatic rings. The number of nitrogens with zero attached hydrogens (tertiary/aromatic N) is 2. The Bertz CT molecular complexity index is 1320. The molecule has 32 heavy (non-hydrogen) atoms. The topological polar surface area (TPSA) is 88.5 Å². The van der Waals surface area contributed by atoms with Crippen LogP contribution in [0.4, 0.5) is 11.4 Å². The summed E-state index contributed by atoms with van der Waals surface area (Å²) in [4.78, 5) is 25.4. The quantitative estimate of drug-likeness (QED) is 0.547. The predicted molar refractivity (Wildman–Crippen MR) is 132 cm³/mol. The Balaban J connectivity index is 1.96. The van der Waals surface area contributed by atoms with Crippen LogP contribution in [0.5, 0.6) is 0 Å². The smallest absolute Gasteiger partial charge is 0.308 e. The standard InChI is InChI=1S/C23H29N3O4S2/c1-7-19(26(32(6,29)30)18-10-8-15(4)16(5)12-18)22(27)24-17-9-11-20-21(13-17)31-23(28)25(20)14(2)3/h8-14,19H,7H2,1-6H3,(H,24,27)/t19-/m0/s1. The van der Waals surface area contributed by atoms with E-state index in [0.717, 1.165) is 38.9 Å². The van der Waals surface area contributed by atoms with Gasteiger partial charge in [-0.1, -0.05) is 24.3 Å². The minimum Gasteiger partial charge on any atom is -0.324 e. The first kappa shape index (κ1) is 24.0. The van der Waals surface area contributed by atoms with E-state index in [2.05, 4.69) is 5.32 Å². The molecule has 1 heterocycles. The number of anilines is 2. The largest absolute Gasteiger partial charge is 0.324 e. The zero-order chi connectivity index (χ0) is 23.8. The van der Waals surface area contributed by atoms with Crippen LogP contribution in [0, 0.1) is 13.8 Å². The van der Waals surface area contributed by atoms with Crippen molar-refractivity contribution in [3.8, 4) is 0 Å². The molecule has 0 saturated heterocycles. The highest BCUT2D eigenvalue weighted by Gasteiger charge is 2.31. The molecule has 0 bridgehead atoms. The van der Waals surface area contributed by atoms with Gasteiger partial charge >= 0.3 is 4.87 Å². The lowest BCUT2D eigenvalue weighted by Crippen LogP contribution is -2.47. The molecular formula is C23H29N3O4S2. The molecule has 0 aliphatic heterocycles.